The number of aromatic nitrogens is 4. The molecular formula is C26H25F9N6O3. The average Bonchev–Trinajstić information content (AvgIpc) is 3.34. The fraction of sp³-hybridized carbons (Fsp3) is 0.462. The van der Waals surface area contributed by atoms with Crippen LogP contribution in [0.1, 0.15) is 48.1 Å². The van der Waals surface area contributed by atoms with Crippen molar-refractivity contribution in [2.75, 3.05) is 23.5 Å². The van der Waals surface area contributed by atoms with Gasteiger partial charge in [0.15, 0.2) is 0 Å². The van der Waals surface area contributed by atoms with Crippen LogP contribution in [0.15, 0.2) is 36.4 Å². The van der Waals surface area contributed by atoms with Crippen LogP contribution in [0.4, 0.5) is 51.1 Å². The van der Waals surface area contributed by atoms with E-state index in [1.807, 2.05) is 0 Å². The Labute approximate surface area is 244 Å². The van der Waals surface area contributed by atoms with Gasteiger partial charge in [0.05, 0.1) is 24.2 Å². The quantitative estimate of drug-likeness (QED) is 0.277. The summed E-state index contributed by atoms with van der Waals surface area (Å²) >= 11 is 0. The Kier molecular flexibility index (Phi) is 9.04. The Bertz CT molecular complexity index is 1460. The summed E-state index contributed by atoms with van der Waals surface area (Å²) in [4.78, 5) is 16.6. The van der Waals surface area contributed by atoms with Crippen LogP contribution in [0.3, 0.4) is 0 Å². The normalized spacial score (nSPS) is 17.4. The Morgan fingerprint density at radius 3 is 2.14 bits per heavy atom. The summed E-state index contributed by atoms with van der Waals surface area (Å²) in [6, 6.07) is 2.59. The maximum absolute atomic E-state index is 13.6. The highest BCUT2D eigenvalue weighted by Crippen LogP contribution is 2.45. The number of methoxy groups -OCH3 is 1. The van der Waals surface area contributed by atoms with E-state index < -0.39 is 65.7 Å². The lowest BCUT2D eigenvalue weighted by Gasteiger charge is -2.44. The van der Waals surface area contributed by atoms with Gasteiger partial charge in [0.1, 0.15) is 12.4 Å². The number of carbonyl (C=O) groups excluding carboxylic acids is 1. The van der Waals surface area contributed by atoms with Crippen LogP contribution in [-0.2, 0) is 35.5 Å². The third kappa shape index (κ3) is 7.34. The van der Waals surface area contributed by atoms with Gasteiger partial charge in [-0.1, -0.05) is 12.0 Å². The number of amides is 1. The van der Waals surface area contributed by atoms with Gasteiger partial charge < -0.3 is 19.3 Å². The van der Waals surface area contributed by atoms with E-state index in [0.717, 1.165) is 16.9 Å². The number of aryl methyl sites for hydroxylation is 1. The van der Waals surface area contributed by atoms with Gasteiger partial charge in [-0.15, -0.1) is 18.3 Å². The molecule has 1 aromatic heterocycles. The second kappa shape index (κ2) is 12.1. The van der Waals surface area contributed by atoms with Crippen LogP contribution >= 0.6 is 0 Å². The highest BCUT2D eigenvalue weighted by Gasteiger charge is 2.41. The van der Waals surface area contributed by atoms with Gasteiger partial charge in [0.2, 0.25) is 0 Å². The molecule has 0 unspecified atom stereocenters. The van der Waals surface area contributed by atoms with Crippen molar-refractivity contribution in [3.05, 3.63) is 58.7 Å². The fourth-order valence-electron chi connectivity index (χ4n) is 5.09. The summed E-state index contributed by atoms with van der Waals surface area (Å²) < 4.78 is 130. The second-order valence-corrected chi connectivity index (χ2v) is 9.90. The first-order valence-corrected chi connectivity index (χ1v) is 12.9. The molecule has 44 heavy (non-hydrogen) atoms. The molecule has 240 valence electrons. The van der Waals surface area contributed by atoms with Gasteiger partial charge in [0, 0.05) is 30.9 Å². The second-order valence-electron chi connectivity index (χ2n) is 9.90. The van der Waals surface area contributed by atoms with Crippen LogP contribution in [0.25, 0.3) is 0 Å². The maximum Gasteiger partial charge on any atom is 0.573 e. The van der Waals surface area contributed by atoms with Crippen molar-refractivity contribution < 1.29 is 53.8 Å². The summed E-state index contributed by atoms with van der Waals surface area (Å²) in [5.74, 6) is -1.43. The number of alkyl halides is 9. The maximum atomic E-state index is 13.6. The van der Waals surface area contributed by atoms with Crippen molar-refractivity contribution in [2.24, 2.45) is 7.05 Å². The SMILES string of the molecule is CC[C@@H]1C[C@H](N(Cc2cc(C(F)(F)F)cc(C(F)(F)F)c2)c2nnn(C)n2)c2cc(OC(F)(F)F)ccc2N1C(=O)COC. The zero-order chi connectivity index (χ0) is 32.6. The van der Waals surface area contributed by atoms with Gasteiger partial charge in [-0.25, -0.2) is 0 Å². The number of hydrogen-bond donors (Lipinski definition) is 0. The van der Waals surface area contributed by atoms with E-state index in [1.54, 1.807) is 6.92 Å². The molecule has 1 amide bonds. The van der Waals surface area contributed by atoms with Crippen molar-refractivity contribution in [3.8, 4) is 5.75 Å². The topological polar surface area (TPSA) is 85.6 Å². The minimum atomic E-state index is -5.12. The van der Waals surface area contributed by atoms with E-state index in [2.05, 4.69) is 20.1 Å². The zero-order valence-electron chi connectivity index (χ0n) is 23.3. The number of hydrogen-bond acceptors (Lipinski definition) is 7. The first-order valence-electron chi connectivity index (χ1n) is 12.9. The van der Waals surface area contributed by atoms with Crippen LogP contribution in [0.2, 0.25) is 0 Å². The molecule has 1 aliphatic heterocycles. The van der Waals surface area contributed by atoms with Gasteiger partial charge in [0.25, 0.3) is 11.9 Å². The van der Waals surface area contributed by atoms with Crippen LogP contribution in [-0.4, -0.2) is 52.2 Å². The van der Waals surface area contributed by atoms with Crippen molar-refractivity contribution in [1.29, 1.82) is 0 Å². The van der Waals surface area contributed by atoms with Gasteiger partial charge in [-0.3, -0.25) is 4.79 Å². The molecule has 0 saturated heterocycles. The lowest BCUT2D eigenvalue weighted by Crippen LogP contribution is -2.49. The predicted molar refractivity (Wildman–Crippen MR) is 135 cm³/mol. The number of ether oxygens (including phenoxy) is 2. The van der Waals surface area contributed by atoms with Gasteiger partial charge in [-0.05, 0) is 60.0 Å². The first kappa shape index (κ1) is 32.8. The highest BCUT2D eigenvalue weighted by atomic mass is 19.4. The van der Waals surface area contributed by atoms with Crippen molar-refractivity contribution in [1.82, 2.24) is 20.2 Å². The van der Waals surface area contributed by atoms with Crippen molar-refractivity contribution in [2.45, 2.75) is 57.1 Å². The minimum absolute atomic E-state index is 0.0164. The molecule has 3 aromatic rings. The molecule has 1 aliphatic rings. The van der Waals surface area contributed by atoms with E-state index in [-0.39, 0.29) is 36.3 Å². The first-order chi connectivity index (χ1) is 20.4. The number of halogens is 9. The number of anilines is 2. The molecule has 2 atom stereocenters. The summed E-state index contributed by atoms with van der Waals surface area (Å²) in [5, 5.41) is 11.7. The highest BCUT2D eigenvalue weighted by molar-refractivity contribution is 5.96. The summed E-state index contributed by atoms with van der Waals surface area (Å²) in [7, 11) is 2.64. The van der Waals surface area contributed by atoms with Gasteiger partial charge in [-0.2, -0.15) is 31.1 Å². The minimum Gasteiger partial charge on any atom is -0.406 e. The number of fused-ring (bicyclic) bond motifs is 1. The molecule has 2 aromatic carbocycles. The summed E-state index contributed by atoms with van der Waals surface area (Å²) in [6.07, 6.45) is -15.0. The zero-order valence-corrected chi connectivity index (χ0v) is 23.3. The number of carbonyl (C=O) groups is 1. The molecule has 0 aliphatic carbocycles. The molecule has 0 saturated carbocycles. The molecule has 0 radical (unpaired) electrons. The smallest absolute Gasteiger partial charge is 0.406 e. The molecule has 9 nitrogen and oxygen atoms in total. The van der Waals surface area contributed by atoms with E-state index in [0.29, 0.717) is 18.6 Å². The Morgan fingerprint density at radius 1 is 1.00 bits per heavy atom. The molecule has 0 fully saturated rings. The van der Waals surface area contributed by atoms with Crippen LogP contribution in [0.5, 0.6) is 5.75 Å². The van der Waals surface area contributed by atoms with Crippen molar-refractivity contribution >= 4 is 17.5 Å². The van der Waals surface area contributed by atoms with E-state index in [1.165, 1.54) is 30.0 Å². The molecular weight excluding hydrogens is 615 g/mol. The Hall–Kier alpha value is -4.09. The number of tetrazole rings is 1. The lowest BCUT2D eigenvalue weighted by molar-refractivity contribution is -0.274. The lowest BCUT2D eigenvalue weighted by atomic mass is 9.88. The number of nitrogens with zero attached hydrogens (tertiary/aromatic N) is 6. The summed E-state index contributed by atoms with van der Waals surface area (Å²) in [5.41, 5.74) is -3.35. The molecule has 0 N–H and O–H groups in total. The fourth-order valence-corrected chi connectivity index (χ4v) is 5.09. The average molecular weight is 641 g/mol. The molecule has 2 heterocycles. The number of rotatable bonds is 8. The Morgan fingerprint density at radius 2 is 1.64 bits per heavy atom. The number of benzene rings is 2. The summed E-state index contributed by atoms with van der Waals surface area (Å²) in [6.45, 7) is 0.713. The van der Waals surface area contributed by atoms with Crippen LogP contribution in [0, 0.1) is 0 Å². The molecule has 0 spiro atoms. The van der Waals surface area contributed by atoms with E-state index in [9.17, 15) is 44.3 Å². The molecule has 4 rings (SSSR count). The molecule has 18 heteroatoms. The Balaban J connectivity index is 1.92. The van der Waals surface area contributed by atoms with Crippen molar-refractivity contribution in [3.63, 3.8) is 0 Å². The third-order valence-electron chi connectivity index (χ3n) is 6.85. The van der Waals surface area contributed by atoms with E-state index in [4.69, 9.17) is 4.74 Å². The van der Waals surface area contributed by atoms with E-state index >= 15 is 0 Å². The standard InChI is InChI=1S/C26H25F9N6O3/c1-4-17-10-21(19-11-18(44-26(33,34)35)5-6-20(19)41(17)22(42)13-43-3)40(23-36-38-39(2)37-23)12-14-7-15(24(27,28)29)9-16(8-14)25(30,31)32/h5-9,11,17,21H,4,10,12-13H2,1-3H3/t17-,21+/m1/s1. The van der Waals surface area contributed by atoms with Crippen LogP contribution < -0.4 is 14.5 Å². The van der Waals surface area contributed by atoms with Gasteiger partial charge >= 0.3 is 18.7 Å². The largest absolute Gasteiger partial charge is 0.573 e. The predicted octanol–water partition coefficient (Wildman–Crippen LogP) is 6.06. The third-order valence-corrected chi connectivity index (χ3v) is 6.85. The monoisotopic (exact) mass is 640 g/mol. The molecule has 0 bridgehead atoms.